The zero-order chi connectivity index (χ0) is 15.2. The number of hydrogen-bond acceptors (Lipinski definition) is 2. The molecule has 0 aliphatic carbocycles. The molecule has 21 heavy (non-hydrogen) atoms. The average molecular weight is 422 g/mol. The van der Waals surface area contributed by atoms with Crippen LogP contribution in [-0.2, 0) is 0 Å². The minimum absolute atomic E-state index is 0. The topological polar surface area (TPSA) is 39.7 Å². The molecule has 0 amide bonds. The van der Waals surface area contributed by atoms with Crippen molar-refractivity contribution in [1.82, 2.24) is 15.5 Å². The molecule has 8 heteroatoms. The van der Waals surface area contributed by atoms with Crippen LogP contribution in [0.25, 0.3) is 0 Å². The second-order valence-electron chi connectivity index (χ2n) is 5.73. The van der Waals surface area contributed by atoms with E-state index in [1.165, 1.54) is 4.90 Å². The molecule has 126 valence electrons. The molecule has 1 aliphatic rings. The van der Waals surface area contributed by atoms with Gasteiger partial charge in [-0.1, -0.05) is 13.8 Å². The molecule has 0 saturated carbocycles. The van der Waals surface area contributed by atoms with Gasteiger partial charge in [0.2, 0.25) is 0 Å². The van der Waals surface area contributed by atoms with Gasteiger partial charge in [-0.15, -0.1) is 24.0 Å². The molecule has 0 aromatic rings. The van der Waals surface area contributed by atoms with E-state index in [0.29, 0.717) is 31.5 Å². The molecule has 1 aliphatic heterocycles. The van der Waals surface area contributed by atoms with E-state index >= 15 is 0 Å². The van der Waals surface area contributed by atoms with Gasteiger partial charge in [0.25, 0.3) is 0 Å². The standard InChI is InChI=1S/C13H25F3N4.HI/c1-10(2)6-18-12(17-3)19-7-11-4-5-20(8-11)9-13(14,15)16;/h10-11H,4-9H2,1-3H3,(H2,17,18,19);1H. The van der Waals surface area contributed by atoms with Gasteiger partial charge in [0.15, 0.2) is 5.96 Å². The molecule has 1 unspecified atom stereocenters. The van der Waals surface area contributed by atoms with Crippen molar-refractivity contribution in [3.05, 3.63) is 0 Å². The Morgan fingerprint density at radius 1 is 1.33 bits per heavy atom. The molecule has 0 radical (unpaired) electrons. The number of nitrogens with one attached hydrogen (secondary N) is 2. The van der Waals surface area contributed by atoms with Crippen molar-refractivity contribution in [2.45, 2.75) is 26.4 Å². The van der Waals surface area contributed by atoms with Crippen LogP contribution >= 0.6 is 24.0 Å². The lowest BCUT2D eigenvalue weighted by Gasteiger charge is -2.19. The van der Waals surface area contributed by atoms with Gasteiger partial charge in [-0.25, -0.2) is 0 Å². The van der Waals surface area contributed by atoms with Crippen LogP contribution in [0.3, 0.4) is 0 Å². The molecule has 1 fully saturated rings. The van der Waals surface area contributed by atoms with E-state index in [1.54, 1.807) is 7.05 Å². The molecule has 2 N–H and O–H groups in total. The lowest BCUT2D eigenvalue weighted by atomic mass is 10.1. The van der Waals surface area contributed by atoms with Crippen LogP contribution in [0.1, 0.15) is 20.3 Å². The summed E-state index contributed by atoms with van der Waals surface area (Å²) in [6.07, 6.45) is -3.30. The minimum Gasteiger partial charge on any atom is -0.356 e. The summed E-state index contributed by atoms with van der Waals surface area (Å²) < 4.78 is 36.9. The van der Waals surface area contributed by atoms with Crippen LogP contribution in [0, 0.1) is 11.8 Å². The first kappa shape index (κ1) is 20.8. The highest BCUT2D eigenvalue weighted by molar-refractivity contribution is 14.0. The summed E-state index contributed by atoms with van der Waals surface area (Å²) in [4.78, 5) is 5.57. The highest BCUT2D eigenvalue weighted by atomic mass is 127. The van der Waals surface area contributed by atoms with Gasteiger partial charge in [-0.3, -0.25) is 9.89 Å². The Hall–Kier alpha value is -0.250. The van der Waals surface area contributed by atoms with Crippen LogP contribution in [-0.4, -0.2) is 56.8 Å². The van der Waals surface area contributed by atoms with E-state index in [0.717, 1.165) is 13.0 Å². The van der Waals surface area contributed by atoms with Crippen LogP contribution < -0.4 is 10.6 Å². The number of aliphatic imine (C=N–C) groups is 1. The Balaban J connectivity index is 0.00000400. The van der Waals surface area contributed by atoms with Crippen LogP contribution in [0.2, 0.25) is 0 Å². The number of hydrogen-bond donors (Lipinski definition) is 2. The molecule has 0 aromatic carbocycles. The number of nitrogens with zero attached hydrogens (tertiary/aromatic N) is 2. The Kier molecular flexibility index (Phi) is 9.59. The lowest BCUT2D eigenvalue weighted by Crippen LogP contribution is -2.41. The second kappa shape index (κ2) is 9.70. The monoisotopic (exact) mass is 422 g/mol. The lowest BCUT2D eigenvalue weighted by molar-refractivity contribution is -0.143. The Morgan fingerprint density at radius 3 is 2.52 bits per heavy atom. The van der Waals surface area contributed by atoms with Crippen molar-refractivity contribution in [2.24, 2.45) is 16.8 Å². The summed E-state index contributed by atoms with van der Waals surface area (Å²) >= 11 is 0. The fourth-order valence-corrected chi connectivity index (χ4v) is 2.24. The van der Waals surface area contributed by atoms with Crippen molar-refractivity contribution >= 4 is 29.9 Å². The maximum Gasteiger partial charge on any atom is 0.401 e. The number of likely N-dealkylation sites (tertiary alicyclic amines) is 1. The largest absolute Gasteiger partial charge is 0.401 e. The summed E-state index contributed by atoms with van der Waals surface area (Å²) in [6, 6.07) is 0. The average Bonchev–Trinajstić information content (AvgIpc) is 2.74. The van der Waals surface area contributed by atoms with E-state index in [4.69, 9.17) is 0 Å². The van der Waals surface area contributed by atoms with Crippen molar-refractivity contribution < 1.29 is 13.2 Å². The van der Waals surface area contributed by atoms with E-state index in [9.17, 15) is 13.2 Å². The van der Waals surface area contributed by atoms with Gasteiger partial charge < -0.3 is 10.6 Å². The summed E-state index contributed by atoms with van der Waals surface area (Å²) in [5.41, 5.74) is 0. The van der Waals surface area contributed by atoms with Crippen molar-refractivity contribution in [3.63, 3.8) is 0 Å². The maximum absolute atomic E-state index is 12.3. The van der Waals surface area contributed by atoms with Gasteiger partial charge in [-0.05, 0) is 24.8 Å². The Labute approximate surface area is 142 Å². The SMILES string of the molecule is CN=C(NCC(C)C)NCC1CCN(CC(F)(F)F)C1.I. The quantitative estimate of drug-likeness (QED) is 0.406. The molecular weight excluding hydrogens is 396 g/mol. The predicted octanol–water partition coefficient (Wildman–Crippen LogP) is 2.31. The van der Waals surface area contributed by atoms with Crippen LogP contribution in [0.4, 0.5) is 13.2 Å². The van der Waals surface area contributed by atoms with Crippen molar-refractivity contribution in [3.8, 4) is 0 Å². The summed E-state index contributed by atoms with van der Waals surface area (Å²) in [5, 5.41) is 6.37. The highest BCUT2D eigenvalue weighted by Gasteiger charge is 2.34. The van der Waals surface area contributed by atoms with Crippen molar-refractivity contribution in [2.75, 3.05) is 39.8 Å². The van der Waals surface area contributed by atoms with Crippen LogP contribution in [0.5, 0.6) is 0 Å². The summed E-state index contributed by atoms with van der Waals surface area (Å²) in [6.45, 7) is 5.90. The van der Waals surface area contributed by atoms with Gasteiger partial charge in [0, 0.05) is 26.7 Å². The van der Waals surface area contributed by atoms with Crippen molar-refractivity contribution in [1.29, 1.82) is 0 Å². The molecule has 0 bridgehead atoms. The summed E-state index contributed by atoms with van der Waals surface area (Å²) in [5.74, 6) is 1.48. The van der Waals surface area contributed by atoms with Crippen LogP contribution in [0.15, 0.2) is 4.99 Å². The third kappa shape index (κ3) is 9.38. The zero-order valence-electron chi connectivity index (χ0n) is 12.8. The van der Waals surface area contributed by atoms with E-state index in [2.05, 4.69) is 29.5 Å². The minimum atomic E-state index is -4.10. The molecule has 4 nitrogen and oxygen atoms in total. The number of rotatable bonds is 5. The smallest absolute Gasteiger partial charge is 0.356 e. The predicted molar refractivity (Wildman–Crippen MR) is 90.2 cm³/mol. The Bertz CT molecular complexity index is 321. The zero-order valence-corrected chi connectivity index (χ0v) is 15.2. The first-order valence-corrected chi connectivity index (χ1v) is 7.03. The fourth-order valence-electron chi connectivity index (χ4n) is 2.24. The van der Waals surface area contributed by atoms with Gasteiger partial charge in [0.05, 0.1) is 6.54 Å². The third-order valence-electron chi connectivity index (χ3n) is 3.23. The maximum atomic E-state index is 12.3. The molecule has 1 saturated heterocycles. The molecule has 1 rings (SSSR count). The Morgan fingerprint density at radius 2 is 2.00 bits per heavy atom. The molecule has 1 heterocycles. The van der Waals surface area contributed by atoms with E-state index in [-0.39, 0.29) is 29.9 Å². The number of alkyl halides is 3. The fraction of sp³-hybridized carbons (Fsp3) is 0.923. The van der Waals surface area contributed by atoms with E-state index in [1.807, 2.05) is 0 Å². The second-order valence-corrected chi connectivity index (χ2v) is 5.73. The molecular formula is C13H26F3IN4. The van der Waals surface area contributed by atoms with Gasteiger partial charge >= 0.3 is 6.18 Å². The van der Waals surface area contributed by atoms with Gasteiger partial charge in [-0.2, -0.15) is 13.2 Å². The number of halogens is 4. The first-order chi connectivity index (χ1) is 9.30. The third-order valence-corrected chi connectivity index (χ3v) is 3.23. The first-order valence-electron chi connectivity index (χ1n) is 7.03. The number of guanidine groups is 1. The molecule has 0 spiro atoms. The summed E-state index contributed by atoms with van der Waals surface area (Å²) in [7, 11) is 1.69. The van der Waals surface area contributed by atoms with Gasteiger partial charge in [0.1, 0.15) is 0 Å². The van der Waals surface area contributed by atoms with E-state index < -0.39 is 12.7 Å². The normalized spacial score (nSPS) is 20.5. The highest BCUT2D eigenvalue weighted by Crippen LogP contribution is 2.22. The molecule has 1 atom stereocenters. The molecule has 0 aromatic heterocycles.